The number of rotatable bonds is 13. The molecule has 3 saturated carbocycles. The molecule has 2 heterocycles. The van der Waals surface area contributed by atoms with Crippen LogP contribution in [0, 0.1) is 28.9 Å². The van der Waals surface area contributed by atoms with Crippen LogP contribution in [-0.2, 0) is 25.3 Å². The first kappa shape index (κ1) is 44.2. The van der Waals surface area contributed by atoms with E-state index in [0.717, 1.165) is 23.5 Å². The summed E-state index contributed by atoms with van der Waals surface area (Å²) in [5.74, 6) is -5.00. The Kier molecular flexibility index (Phi) is 12.4. The van der Waals surface area contributed by atoms with Gasteiger partial charge in [0.05, 0.1) is 44.0 Å². The fourth-order valence-corrected chi connectivity index (χ4v) is 9.44. The fourth-order valence-electron chi connectivity index (χ4n) is 9.11. The number of halogens is 3. The first-order chi connectivity index (χ1) is 27.7. The zero-order valence-electron chi connectivity index (χ0n) is 34.8. The molecule has 59 heavy (non-hydrogen) atoms. The zero-order chi connectivity index (χ0) is 43.4. The van der Waals surface area contributed by atoms with Crippen molar-refractivity contribution in [1.29, 1.82) is 0 Å². The maximum Gasteiger partial charge on any atom is 0.482 e. The molecule has 0 aromatic heterocycles. The van der Waals surface area contributed by atoms with Crippen molar-refractivity contribution in [3.63, 3.8) is 0 Å². The highest BCUT2D eigenvalue weighted by Gasteiger charge is 2.68. The van der Waals surface area contributed by atoms with E-state index in [1.54, 1.807) is 20.8 Å². The van der Waals surface area contributed by atoms with Crippen LogP contribution in [-0.4, -0.2) is 112 Å². The summed E-state index contributed by atoms with van der Waals surface area (Å²) in [5, 5.41) is 5.25. The number of nitrogens with one attached hydrogen (secondary N) is 2. The lowest BCUT2D eigenvalue weighted by molar-refractivity contribution is -0.199. The van der Waals surface area contributed by atoms with E-state index in [9.17, 15) is 19.2 Å². The summed E-state index contributed by atoms with van der Waals surface area (Å²) >= 11 is 6.78. The third-order valence-corrected chi connectivity index (χ3v) is 12.6. The van der Waals surface area contributed by atoms with E-state index in [0.29, 0.717) is 12.3 Å². The number of imide groups is 1. The van der Waals surface area contributed by atoms with Crippen molar-refractivity contribution >= 4 is 42.7 Å². The molecule has 5 fully saturated rings. The summed E-state index contributed by atoms with van der Waals surface area (Å²) in [6.45, 7) is 11.9. The Morgan fingerprint density at radius 2 is 1.69 bits per heavy atom. The van der Waals surface area contributed by atoms with Crippen molar-refractivity contribution < 1.29 is 56.2 Å². The highest BCUT2D eigenvalue weighted by Crippen LogP contribution is 2.65. The number of carbonyl (C=O) groups is 4. The Bertz CT molecular complexity index is 2000. The van der Waals surface area contributed by atoms with Gasteiger partial charge in [-0.3, -0.25) is 4.79 Å². The van der Waals surface area contributed by atoms with Gasteiger partial charge in [-0.25, -0.2) is 28.1 Å². The molecule has 2 aromatic carbocycles. The molecular weight excluding hydrogens is 795 g/mol. The van der Waals surface area contributed by atoms with Gasteiger partial charge in [-0.1, -0.05) is 31.5 Å². The minimum Gasteiger partial charge on any atom is -0.495 e. The van der Waals surface area contributed by atoms with Gasteiger partial charge < -0.3 is 49.5 Å². The summed E-state index contributed by atoms with van der Waals surface area (Å²) < 4.78 is 66.2. The molecule has 322 valence electrons. The quantitative estimate of drug-likeness (QED) is 0.182. The molecule has 15 nitrogen and oxygen atoms in total. The van der Waals surface area contributed by atoms with Crippen molar-refractivity contribution in [3.8, 4) is 17.2 Å². The van der Waals surface area contributed by atoms with Gasteiger partial charge in [0.25, 0.3) is 0 Å². The molecule has 6 atom stereocenters. The SMILES string of the molecule is COc1c(F)cc(C(NC(=O)N2CCN(CCN)C2=O)C(=O)N[C@@H](Cc2ccc(F)c(C(=O)OC(C)(C)C)c2OC)B2O[C@@H]3C[C@@H]4C[C@@H](C4(C)C)[C@]3(C)O2)c(Cl)c1OC. The van der Waals surface area contributed by atoms with Gasteiger partial charge in [-0.2, -0.15) is 0 Å². The Labute approximate surface area is 347 Å². The van der Waals surface area contributed by atoms with E-state index in [1.165, 1.54) is 32.3 Å². The van der Waals surface area contributed by atoms with Crippen LogP contribution in [0.5, 0.6) is 17.2 Å². The molecule has 2 aliphatic heterocycles. The average molecular weight is 848 g/mol. The minimum absolute atomic E-state index is 0.0117. The smallest absolute Gasteiger partial charge is 0.482 e. The summed E-state index contributed by atoms with van der Waals surface area (Å²) in [6.07, 6.45) is 1.17. The number of carbonyl (C=O) groups excluding carboxylic acids is 4. The molecule has 2 saturated heterocycles. The van der Waals surface area contributed by atoms with Gasteiger partial charge in [0, 0.05) is 31.7 Å². The third kappa shape index (κ3) is 8.12. The summed E-state index contributed by atoms with van der Waals surface area (Å²) in [4.78, 5) is 57.5. The molecular formula is C40H53BClF2N5O10. The standard InChI is InChI=1S/C40H53BClF2N5O10/c1-38(2,3)57-35(51)28-23(43)11-10-20(31(28)54-7)16-27(41-58-26-18-21-17-25(39(21,4)5)40(26,6)59-41)46-34(50)30(22-19-24(44)32(55-8)33(56-9)29(22)42)47-36(52)49-15-14-48(13-12-45)37(49)53/h10-11,19,21,25-27,30H,12-18,45H2,1-9H3,(H,46,50)(H,47,52)/t21-,25-,26+,27-,30?,40-/m0/s1. The predicted molar refractivity (Wildman–Crippen MR) is 212 cm³/mol. The number of urea groups is 2. The lowest BCUT2D eigenvalue weighted by Gasteiger charge is -2.64. The fraction of sp³-hybridized carbons (Fsp3) is 0.600. The molecule has 0 spiro atoms. The van der Waals surface area contributed by atoms with Crippen LogP contribution in [0.4, 0.5) is 18.4 Å². The maximum absolute atomic E-state index is 15.7. The van der Waals surface area contributed by atoms with Crippen LogP contribution in [0.2, 0.25) is 5.02 Å². The Morgan fingerprint density at radius 3 is 2.31 bits per heavy atom. The van der Waals surface area contributed by atoms with E-state index in [2.05, 4.69) is 24.5 Å². The Morgan fingerprint density at radius 1 is 1.02 bits per heavy atom. The van der Waals surface area contributed by atoms with Crippen LogP contribution >= 0.6 is 11.6 Å². The van der Waals surface area contributed by atoms with Gasteiger partial charge in [0.15, 0.2) is 17.3 Å². The van der Waals surface area contributed by atoms with E-state index in [1.807, 2.05) is 6.92 Å². The highest BCUT2D eigenvalue weighted by atomic mass is 35.5. The van der Waals surface area contributed by atoms with Crippen molar-refractivity contribution in [3.05, 3.63) is 51.5 Å². The van der Waals surface area contributed by atoms with Crippen LogP contribution in [0.15, 0.2) is 18.2 Å². The second-order valence-electron chi connectivity index (χ2n) is 17.2. The predicted octanol–water partition coefficient (Wildman–Crippen LogP) is 5.04. The first-order valence-electron chi connectivity index (χ1n) is 19.6. The number of nitrogens with zero attached hydrogens (tertiary/aromatic N) is 2. The molecule has 2 aromatic rings. The zero-order valence-corrected chi connectivity index (χ0v) is 35.6. The highest BCUT2D eigenvalue weighted by molar-refractivity contribution is 6.48. The van der Waals surface area contributed by atoms with Crippen molar-refractivity contribution in [2.24, 2.45) is 23.0 Å². The molecule has 19 heteroatoms. The normalized spacial score (nSPS) is 24.2. The third-order valence-electron chi connectivity index (χ3n) is 12.2. The Hall–Kier alpha value is -4.39. The van der Waals surface area contributed by atoms with Gasteiger partial charge >= 0.3 is 25.1 Å². The van der Waals surface area contributed by atoms with Crippen LogP contribution < -0.4 is 30.6 Å². The number of hydrogen-bond acceptors (Lipinski definition) is 11. The lowest BCUT2D eigenvalue weighted by atomic mass is 9.43. The van der Waals surface area contributed by atoms with Gasteiger partial charge in [-0.15, -0.1) is 0 Å². The van der Waals surface area contributed by atoms with Crippen LogP contribution in [0.1, 0.15) is 81.9 Å². The second kappa shape index (κ2) is 16.6. The number of amides is 5. The summed E-state index contributed by atoms with van der Waals surface area (Å²) in [6, 6.07) is 0.0934. The number of esters is 1. The Balaban J connectivity index is 1.41. The van der Waals surface area contributed by atoms with Gasteiger partial charge in [-0.05, 0) is 81.9 Å². The van der Waals surface area contributed by atoms with Crippen LogP contribution in [0.25, 0.3) is 0 Å². The molecule has 2 bridgehead atoms. The number of nitrogens with two attached hydrogens (primary N) is 1. The van der Waals surface area contributed by atoms with Gasteiger partial charge in [0.2, 0.25) is 5.91 Å². The minimum atomic E-state index is -1.75. The molecule has 7 rings (SSSR count). The van der Waals surface area contributed by atoms with E-state index in [-0.39, 0.29) is 83.4 Å². The van der Waals surface area contributed by atoms with E-state index < -0.39 is 71.4 Å². The summed E-state index contributed by atoms with van der Waals surface area (Å²) in [7, 11) is 2.61. The topological polar surface area (TPSA) is 180 Å². The molecule has 1 unspecified atom stereocenters. The molecule has 5 aliphatic rings. The largest absolute Gasteiger partial charge is 0.495 e. The van der Waals surface area contributed by atoms with E-state index in [4.69, 9.17) is 45.6 Å². The van der Waals surface area contributed by atoms with Crippen molar-refractivity contribution in [2.45, 2.75) is 90.1 Å². The van der Waals surface area contributed by atoms with Crippen LogP contribution in [0.3, 0.4) is 0 Å². The van der Waals surface area contributed by atoms with Crippen molar-refractivity contribution in [2.75, 3.05) is 47.5 Å². The number of hydrogen-bond donors (Lipinski definition) is 3. The second-order valence-corrected chi connectivity index (χ2v) is 17.6. The van der Waals surface area contributed by atoms with E-state index >= 15 is 8.78 Å². The first-order valence-corrected chi connectivity index (χ1v) is 20.0. The molecule has 0 radical (unpaired) electrons. The lowest BCUT2D eigenvalue weighted by Crippen LogP contribution is -2.65. The summed E-state index contributed by atoms with van der Waals surface area (Å²) in [5.41, 5.74) is 3.55. The van der Waals surface area contributed by atoms with Gasteiger partial charge in [0.1, 0.15) is 28.8 Å². The monoisotopic (exact) mass is 847 g/mol. The molecule has 4 N–H and O–H groups in total. The average Bonchev–Trinajstić information content (AvgIpc) is 3.72. The number of methoxy groups -OCH3 is 3. The molecule has 5 amide bonds. The number of ether oxygens (including phenoxy) is 4. The maximum atomic E-state index is 15.7. The number of benzene rings is 2. The molecule has 3 aliphatic carbocycles. The van der Waals surface area contributed by atoms with Crippen molar-refractivity contribution in [1.82, 2.24) is 20.4 Å².